The molecular formula is C22H21N3O4S2. The van der Waals surface area contributed by atoms with Gasteiger partial charge in [-0.25, -0.2) is 8.42 Å². The van der Waals surface area contributed by atoms with Crippen molar-refractivity contribution in [2.45, 2.75) is 11.3 Å². The van der Waals surface area contributed by atoms with Gasteiger partial charge in [0.15, 0.2) is 5.17 Å². The van der Waals surface area contributed by atoms with Crippen LogP contribution < -0.4 is 14.8 Å². The maximum absolute atomic E-state index is 12.9. The first-order valence-electron chi connectivity index (χ1n) is 9.61. The Morgan fingerprint density at radius 2 is 1.81 bits per heavy atom. The summed E-state index contributed by atoms with van der Waals surface area (Å²) >= 11 is 1.38. The second-order valence-corrected chi connectivity index (χ2v) is 9.61. The first-order chi connectivity index (χ1) is 15.0. The SMILES string of the molecule is COc1ccc(CC(=O)Nc2ccc(S(=O)(=O)NC3=NCCS3)c3ccccc23)cc1. The normalized spacial score (nSPS) is 13.6. The van der Waals surface area contributed by atoms with Crippen molar-refractivity contribution in [2.75, 3.05) is 24.7 Å². The van der Waals surface area contributed by atoms with E-state index >= 15 is 0 Å². The van der Waals surface area contributed by atoms with Gasteiger partial charge in [-0.15, -0.1) is 0 Å². The van der Waals surface area contributed by atoms with E-state index in [1.165, 1.54) is 17.8 Å². The number of carbonyl (C=O) groups is 1. The fourth-order valence-electron chi connectivity index (χ4n) is 3.30. The van der Waals surface area contributed by atoms with Crippen molar-refractivity contribution in [3.8, 4) is 5.75 Å². The van der Waals surface area contributed by atoms with E-state index in [2.05, 4.69) is 15.0 Å². The molecule has 1 aliphatic rings. The number of rotatable bonds is 6. The summed E-state index contributed by atoms with van der Waals surface area (Å²) in [6.07, 6.45) is 0.191. The molecule has 0 spiro atoms. The van der Waals surface area contributed by atoms with Gasteiger partial charge in [0.1, 0.15) is 5.75 Å². The monoisotopic (exact) mass is 455 g/mol. The van der Waals surface area contributed by atoms with Crippen LogP contribution in [0.2, 0.25) is 0 Å². The van der Waals surface area contributed by atoms with Gasteiger partial charge in [-0.05, 0) is 29.8 Å². The molecule has 1 amide bonds. The van der Waals surface area contributed by atoms with E-state index in [9.17, 15) is 13.2 Å². The number of amides is 1. The van der Waals surface area contributed by atoms with Gasteiger partial charge in [0.25, 0.3) is 10.0 Å². The second kappa shape index (κ2) is 8.99. The van der Waals surface area contributed by atoms with Gasteiger partial charge in [0.2, 0.25) is 5.91 Å². The lowest BCUT2D eigenvalue weighted by Gasteiger charge is -2.14. The van der Waals surface area contributed by atoms with Crippen molar-refractivity contribution >= 4 is 49.3 Å². The quantitative estimate of drug-likeness (QED) is 0.594. The van der Waals surface area contributed by atoms with Crippen LogP contribution >= 0.6 is 11.8 Å². The average molecular weight is 456 g/mol. The standard InChI is InChI=1S/C22H21N3O4S2/c1-29-16-8-6-15(7-9-16)14-21(26)24-19-10-11-20(18-5-3-2-4-17(18)19)31(27,28)25-22-23-12-13-30-22/h2-11H,12-14H2,1H3,(H,23,25)(H,24,26). The summed E-state index contributed by atoms with van der Waals surface area (Å²) in [5, 5.41) is 4.48. The number of ether oxygens (including phenoxy) is 1. The molecule has 7 nitrogen and oxygen atoms in total. The Morgan fingerprint density at radius 1 is 1.06 bits per heavy atom. The lowest BCUT2D eigenvalue weighted by Crippen LogP contribution is -2.27. The Bertz CT molecular complexity index is 1260. The number of thioether (sulfide) groups is 1. The van der Waals surface area contributed by atoms with E-state index in [0.717, 1.165) is 17.1 Å². The summed E-state index contributed by atoms with van der Waals surface area (Å²) in [5.41, 5.74) is 1.40. The maximum atomic E-state index is 12.9. The molecule has 160 valence electrons. The van der Waals surface area contributed by atoms with Crippen molar-refractivity contribution in [3.63, 3.8) is 0 Å². The van der Waals surface area contributed by atoms with Crippen molar-refractivity contribution in [1.82, 2.24) is 4.72 Å². The zero-order chi connectivity index (χ0) is 21.8. The first kappa shape index (κ1) is 21.2. The second-order valence-electron chi connectivity index (χ2n) is 6.87. The molecule has 0 saturated carbocycles. The van der Waals surface area contributed by atoms with Crippen molar-refractivity contribution in [1.29, 1.82) is 0 Å². The molecule has 1 heterocycles. The van der Waals surface area contributed by atoms with Crippen LogP contribution in [0.3, 0.4) is 0 Å². The Hall–Kier alpha value is -3.04. The van der Waals surface area contributed by atoms with Crippen molar-refractivity contribution in [3.05, 3.63) is 66.2 Å². The zero-order valence-electron chi connectivity index (χ0n) is 16.8. The van der Waals surface area contributed by atoms with Gasteiger partial charge in [0.05, 0.1) is 25.0 Å². The minimum Gasteiger partial charge on any atom is -0.497 e. The number of aliphatic imine (C=N–C) groups is 1. The van der Waals surface area contributed by atoms with Gasteiger partial charge in [-0.1, -0.05) is 48.2 Å². The van der Waals surface area contributed by atoms with Crippen molar-refractivity contribution in [2.24, 2.45) is 4.99 Å². The van der Waals surface area contributed by atoms with E-state index in [1.54, 1.807) is 43.5 Å². The van der Waals surface area contributed by atoms with Crippen LogP contribution in [0.25, 0.3) is 10.8 Å². The Morgan fingerprint density at radius 3 is 2.48 bits per heavy atom. The van der Waals surface area contributed by atoms with Gasteiger partial charge in [0, 0.05) is 22.2 Å². The van der Waals surface area contributed by atoms with Crippen LogP contribution in [0.5, 0.6) is 5.75 Å². The highest BCUT2D eigenvalue weighted by molar-refractivity contribution is 8.15. The Labute approximate surface area is 185 Å². The third-order valence-electron chi connectivity index (χ3n) is 4.78. The van der Waals surface area contributed by atoms with Gasteiger partial charge in [-0.3, -0.25) is 14.5 Å². The Balaban J connectivity index is 1.59. The minimum atomic E-state index is -3.80. The topological polar surface area (TPSA) is 96.9 Å². The largest absolute Gasteiger partial charge is 0.497 e. The van der Waals surface area contributed by atoms with Gasteiger partial charge in [-0.2, -0.15) is 0 Å². The van der Waals surface area contributed by atoms with E-state index in [-0.39, 0.29) is 17.2 Å². The molecule has 9 heteroatoms. The summed E-state index contributed by atoms with van der Waals surface area (Å²) in [7, 11) is -2.21. The lowest BCUT2D eigenvalue weighted by molar-refractivity contribution is -0.115. The van der Waals surface area contributed by atoms with Gasteiger partial charge >= 0.3 is 0 Å². The number of hydrogen-bond acceptors (Lipinski definition) is 6. The predicted octanol–water partition coefficient (Wildman–Crippen LogP) is 3.41. The molecule has 0 fully saturated rings. The molecule has 0 radical (unpaired) electrons. The number of amidine groups is 1. The molecular weight excluding hydrogens is 434 g/mol. The fraction of sp³-hybridized carbons (Fsp3) is 0.182. The third-order valence-corrected chi connectivity index (χ3v) is 7.20. The number of methoxy groups -OCH3 is 1. The number of sulfonamides is 1. The number of nitrogens with zero attached hydrogens (tertiary/aromatic N) is 1. The summed E-state index contributed by atoms with van der Waals surface area (Å²) in [6.45, 7) is 0.600. The number of nitrogens with one attached hydrogen (secondary N) is 2. The van der Waals surface area contributed by atoms with Crippen LogP contribution in [0.4, 0.5) is 5.69 Å². The van der Waals surface area contributed by atoms with Gasteiger partial charge < -0.3 is 10.1 Å². The lowest BCUT2D eigenvalue weighted by atomic mass is 10.1. The molecule has 1 aliphatic heterocycles. The molecule has 0 aromatic heterocycles. The molecule has 4 rings (SSSR count). The minimum absolute atomic E-state index is 0.145. The number of anilines is 1. The van der Waals surface area contributed by atoms with Crippen LogP contribution in [0, 0.1) is 0 Å². The maximum Gasteiger partial charge on any atom is 0.264 e. The summed E-state index contributed by atoms with van der Waals surface area (Å²) in [6, 6.07) is 17.5. The average Bonchev–Trinajstić information content (AvgIpc) is 3.26. The molecule has 31 heavy (non-hydrogen) atoms. The molecule has 3 aromatic rings. The first-order valence-corrected chi connectivity index (χ1v) is 12.1. The van der Waals surface area contributed by atoms with Crippen LogP contribution in [-0.4, -0.2) is 38.9 Å². The molecule has 0 bridgehead atoms. The third kappa shape index (κ3) is 4.83. The summed E-state index contributed by atoms with van der Waals surface area (Å²) in [4.78, 5) is 16.9. The Kier molecular flexibility index (Phi) is 6.15. The van der Waals surface area contributed by atoms with E-state index in [4.69, 9.17) is 4.74 Å². The highest BCUT2D eigenvalue weighted by Gasteiger charge is 2.22. The fourth-order valence-corrected chi connectivity index (χ4v) is 5.55. The molecule has 2 N–H and O–H groups in total. The zero-order valence-corrected chi connectivity index (χ0v) is 18.4. The summed E-state index contributed by atoms with van der Waals surface area (Å²) in [5.74, 6) is 1.29. The van der Waals surface area contributed by atoms with Crippen molar-refractivity contribution < 1.29 is 17.9 Å². The molecule has 0 atom stereocenters. The molecule has 3 aromatic carbocycles. The predicted molar refractivity (Wildman–Crippen MR) is 124 cm³/mol. The van der Waals surface area contributed by atoms with Crippen LogP contribution in [-0.2, 0) is 21.2 Å². The number of hydrogen-bond donors (Lipinski definition) is 2. The highest BCUT2D eigenvalue weighted by atomic mass is 32.2. The molecule has 0 aliphatic carbocycles. The number of fused-ring (bicyclic) bond motifs is 1. The van der Waals surface area contributed by atoms with E-state index < -0.39 is 10.0 Å². The molecule has 0 saturated heterocycles. The number of benzene rings is 3. The van der Waals surface area contributed by atoms with Crippen LogP contribution in [0.15, 0.2) is 70.6 Å². The number of carbonyl (C=O) groups excluding carboxylic acids is 1. The molecule has 0 unspecified atom stereocenters. The van der Waals surface area contributed by atoms with Crippen LogP contribution in [0.1, 0.15) is 5.56 Å². The smallest absolute Gasteiger partial charge is 0.264 e. The highest BCUT2D eigenvalue weighted by Crippen LogP contribution is 2.30. The van der Waals surface area contributed by atoms with E-state index in [0.29, 0.717) is 28.2 Å². The summed E-state index contributed by atoms with van der Waals surface area (Å²) < 4.78 is 33.5. The van der Waals surface area contributed by atoms with E-state index in [1.807, 2.05) is 18.2 Å².